The summed E-state index contributed by atoms with van der Waals surface area (Å²) in [7, 11) is 0. The molecule has 0 saturated carbocycles. The molecular weight excluding hydrogens is 867 g/mol. The zero-order valence-corrected chi connectivity index (χ0v) is 39.6. The first-order chi connectivity index (χ1) is 35.7. The molecular formula is C71H47N. The van der Waals surface area contributed by atoms with Gasteiger partial charge in [0.2, 0.25) is 0 Å². The molecule has 0 N–H and O–H groups in total. The lowest BCUT2D eigenvalue weighted by Gasteiger charge is -2.34. The van der Waals surface area contributed by atoms with Crippen molar-refractivity contribution >= 4 is 60.2 Å². The zero-order valence-electron chi connectivity index (χ0n) is 39.6. The van der Waals surface area contributed by atoms with Crippen molar-refractivity contribution in [3.05, 3.63) is 307 Å². The monoisotopic (exact) mass is 913 g/mol. The van der Waals surface area contributed by atoms with E-state index in [0.717, 1.165) is 22.6 Å². The number of anilines is 3. The molecule has 0 amide bonds. The number of benzene rings is 13. The summed E-state index contributed by atoms with van der Waals surface area (Å²) in [4.78, 5) is 2.49. The molecule has 0 aromatic heterocycles. The van der Waals surface area contributed by atoms with E-state index < -0.39 is 5.41 Å². The molecule has 72 heavy (non-hydrogen) atoms. The lowest BCUT2D eigenvalue weighted by atomic mass is 9.68. The number of rotatable bonds is 8. The van der Waals surface area contributed by atoms with Crippen molar-refractivity contribution in [2.24, 2.45) is 0 Å². The van der Waals surface area contributed by atoms with Crippen molar-refractivity contribution < 1.29 is 0 Å². The Labute approximate surface area is 420 Å². The number of nitrogens with zero attached hydrogens (tertiary/aromatic N) is 1. The third kappa shape index (κ3) is 6.55. The maximum absolute atomic E-state index is 2.49. The minimum atomic E-state index is -0.532. The first-order valence-corrected chi connectivity index (χ1v) is 25.0. The molecule has 13 aromatic rings. The lowest BCUT2D eigenvalue weighted by Crippen LogP contribution is -2.28. The quantitative estimate of drug-likeness (QED) is 0.137. The van der Waals surface area contributed by atoms with Gasteiger partial charge >= 0.3 is 0 Å². The number of hydrogen-bond acceptors (Lipinski definition) is 1. The maximum atomic E-state index is 2.49. The summed E-state index contributed by atoms with van der Waals surface area (Å²) in [6, 6.07) is 105. The fraction of sp³-hybridized carbons (Fsp3) is 0.0141. The summed E-state index contributed by atoms with van der Waals surface area (Å²) in [5.41, 5.74) is 17.4. The maximum Gasteiger partial charge on any atom is 0.0714 e. The second kappa shape index (κ2) is 17.0. The number of hydrogen-bond donors (Lipinski definition) is 0. The highest BCUT2D eigenvalue weighted by atomic mass is 15.1. The van der Waals surface area contributed by atoms with Crippen molar-refractivity contribution in [1.82, 2.24) is 0 Å². The fourth-order valence-electron chi connectivity index (χ4n) is 12.1. The Morgan fingerprint density at radius 3 is 1.46 bits per heavy atom. The van der Waals surface area contributed by atoms with E-state index in [2.05, 4.69) is 290 Å². The Morgan fingerprint density at radius 1 is 0.250 bits per heavy atom. The van der Waals surface area contributed by atoms with Crippen LogP contribution in [0.5, 0.6) is 0 Å². The lowest BCUT2D eigenvalue weighted by molar-refractivity contribution is 0.768. The van der Waals surface area contributed by atoms with Gasteiger partial charge in [-0.1, -0.05) is 243 Å². The van der Waals surface area contributed by atoms with Crippen LogP contribution in [0.2, 0.25) is 0 Å². The summed E-state index contributed by atoms with van der Waals surface area (Å²) in [5, 5.41) is 10.2. The van der Waals surface area contributed by atoms with Crippen molar-refractivity contribution in [2.45, 2.75) is 5.41 Å². The van der Waals surface area contributed by atoms with Crippen molar-refractivity contribution in [3.63, 3.8) is 0 Å². The second-order valence-corrected chi connectivity index (χ2v) is 19.1. The summed E-state index contributed by atoms with van der Waals surface area (Å²) in [6.07, 6.45) is 0. The van der Waals surface area contributed by atoms with Gasteiger partial charge < -0.3 is 4.90 Å². The van der Waals surface area contributed by atoms with E-state index >= 15 is 0 Å². The molecule has 0 radical (unpaired) electrons. The molecule has 0 fully saturated rings. The van der Waals surface area contributed by atoms with Crippen molar-refractivity contribution in [1.29, 1.82) is 0 Å². The summed E-state index contributed by atoms with van der Waals surface area (Å²) >= 11 is 0. The van der Waals surface area contributed by atoms with Gasteiger partial charge in [-0.15, -0.1) is 0 Å². The van der Waals surface area contributed by atoms with E-state index in [1.54, 1.807) is 0 Å². The molecule has 0 saturated heterocycles. The molecule has 13 aromatic carbocycles. The van der Waals surface area contributed by atoms with Crippen LogP contribution in [0.1, 0.15) is 22.3 Å². The van der Waals surface area contributed by atoms with Crippen LogP contribution in [0.3, 0.4) is 0 Å². The van der Waals surface area contributed by atoms with E-state index in [1.807, 2.05) is 0 Å². The van der Waals surface area contributed by atoms with Gasteiger partial charge in [0.15, 0.2) is 0 Å². The summed E-state index contributed by atoms with van der Waals surface area (Å²) < 4.78 is 0. The molecule has 0 unspecified atom stereocenters. The third-order valence-corrected chi connectivity index (χ3v) is 15.3. The van der Waals surface area contributed by atoms with Crippen LogP contribution in [0, 0.1) is 0 Å². The highest BCUT2D eigenvalue weighted by Crippen LogP contribution is 2.59. The molecule has 0 atom stereocenters. The fourth-order valence-corrected chi connectivity index (χ4v) is 12.1. The van der Waals surface area contributed by atoms with E-state index in [9.17, 15) is 0 Å². The van der Waals surface area contributed by atoms with Crippen LogP contribution in [0.15, 0.2) is 285 Å². The Morgan fingerprint density at radius 2 is 0.736 bits per heavy atom. The topological polar surface area (TPSA) is 3.24 Å². The Kier molecular flexibility index (Phi) is 9.82. The molecule has 1 aliphatic rings. The average Bonchev–Trinajstić information content (AvgIpc) is 3.77. The van der Waals surface area contributed by atoms with Crippen LogP contribution in [0.4, 0.5) is 17.1 Å². The SMILES string of the molecule is c1ccc(C2(c3ccccc3)c3ccccc3-c3c(N(c4ccc(-c5ccc6c7ccccc7c7ccccc7c6c5)cc4)c4cccc(-c5cccc(-c6cccc7ccccc67)c5)c4)cccc32)cc1. The highest BCUT2D eigenvalue weighted by Gasteiger charge is 2.47. The molecule has 1 aliphatic carbocycles. The van der Waals surface area contributed by atoms with Gasteiger partial charge in [-0.25, -0.2) is 0 Å². The van der Waals surface area contributed by atoms with E-state index in [-0.39, 0.29) is 0 Å². The Hall–Kier alpha value is -9.30. The van der Waals surface area contributed by atoms with E-state index in [1.165, 1.54) is 104 Å². The summed E-state index contributed by atoms with van der Waals surface area (Å²) in [5.74, 6) is 0. The molecule has 1 heteroatoms. The first kappa shape index (κ1) is 41.7. The predicted octanol–water partition coefficient (Wildman–Crippen LogP) is 19.1. The minimum absolute atomic E-state index is 0.532. The van der Waals surface area contributed by atoms with Gasteiger partial charge in [0.1, 0.15) is 0 Å². The molecule has 0 aliphatic heterocycles. The van der Waals surface area contributed by atoms with E-state index in [4.69, 9.17) is 0 Å². The highest BCUT2D eigenvalue weighted by molar-refractivity contribution is 6.25. The largest absolute Gasteiger partial charge is 0.310 e. The number of fused-ring (bicyclic) bond motifs is 10. The normalized spacial score (nSPS) is 12.6. The molecule has 336 valence electrons. The molecule has 0 bridgehead atoms. The van der Waals surface area contributed by atoms with Gasteiger partial charge in [0.25, 0.3) is 0 Å². The van der Waals surface area contributed by atoms with Gasteiger partial charge in [-0.05, 0) is 147 Å². The van der Waals surface area contributed by atoms with Crippen molar-refractivity contribution in [3.8, 4) is 44.5 Å². The van der Waals surface area contributed by atoms with Gasteiger partial charge in [-0.2, -0.15) is 0 Å². The second-order valence-electron chi connectivity index (χ2n) is 19.1. The van der Waals surface area contributed by atoms with Crippen LogP contribution >= 0.6 is 0 Å². The van der Waals surface area contributed by atoms with E-state index in [0.29, 0.717) is 0 Å². The van der Waals surface area contributed by atoms with Crippen LogP contribution < -0.4 is 4.90 Å². The molecule has 14 rings (SSSR count). The first-order valence-electron chi connectivity index (χ1n) is 25.0. The average molecular weight is 914 g/mol. The van der Waals surface area contributed by atoms with Gasteiger partial charge in [-0.3, -0.25) is 0 Å². The van der Waals surface area contributed by atoms with Crippen LogP contribution in [-0.4, -0.2) is 0 Å². The Balaban J connectivity index is 0.962. The van der Waals surface area contributed by atoms with Gasteiger partial charge in [0, 0.05) is 16.9 Å². The molecule has 0 heterocycles. The zero-order chi connectivity index (χ0) is 47.6. The Bertz CT molecular complexity index is 4130. The molecule has 0 spiro atoms. The smallest absolute Gasteiger partial charge is 0.0714 e. The van der Waals surface area contributed by atoms with Crippen molar-refractivity contribution in [2.75, 3.05) is 4.90 Å². The standard InChI is InChI=1S/C71H47N/c1-3-24-54(25-4-1)71(55-26-5-2-6-27-55)67-36-14-13-34-65(67)70-68(71)37-18-38-69(70)72(57-28-16-22-51(46-57)50-21-15-23-53(45-50)59-35-17-20-49-19-7-8-29-58(49)59)56-42-39-48(40-43-56)52-41-44-64-62-32-10-9-30-60(62)61-31-11-12-33-63(61)66(64)47-52/h1-47H. The summed E-state index contributed by atoms with van der Waals surface area (Å²) in [6.45, 7) is 0. The third-order valence-electron chi connectivity index (χ3n) is 15.3. The van der Waals surface area contributed by atoms with Crippen LogP contribution in [-0.2, 0) is 5.41 Å². The van der Waals surface area contributed by atoms with Crippen LogP contribution in [0.25, 0.3) is 87.6 Å². The molecule has 1 nitrogen and oxygen atoms in total. The minimum Gasteiger partial charge on any atom is -0.310 e. The predicted molar refractivity (Wildman–Crippen MR) is 305 cm³/mol. The van der Waals surface area contributed by atoms with Gasteiger partial charge in [0.05, 0.1) is 11.1 Å².